The van der Waals surface area contributed by atoms with Crippen LogP contribution in [0, 0.1) is 0 Å². The third-order valence-corrected chi connectivity index (χ3v) is 6.61. The summed E-state index contributed by atoms with van der Waals surface area (Å²) in [6.07, 6.45) is 0. The molecule has 0 saturated heterocycles. The number of esters is 1. The van der Waals surface area contributed by atoms with Crippen LogP contribution in [-0.4, -0.2) is 66.7 Å². The Kier molecular flexibility index (Phi) is 5.34. The molecule has 1 aromatic carbocycles. The second-order valence-corrected chi connectivity index (χ2v) is 8.94. The minimum Gasteiger partial charge on any atom is -0.465 e. The van der Waals surface area contributed by atoms with Crippen molar-refractivity contribution in [3.05, 3.63) is 23.8 Å². The van der Waals surface area contributed by atoms with Gasteiger partial charge in [-0.3, -0.25) is 0 Å². The lowest BCUT2D eigenvalue weighted by Crippen LogP contribution is -2.28. The fraction of sp³-hybridized carbons (Fsp3) is 0.417. The van der Waals surface area contributed by atoms with Crippen molar-refractivity contribution >= 4 is 26.0 Å². The van der Waals surface area contributed by atoms with Crippen molar-refractivity contribution in [2.24, 2.45) is 0 Å². The van der Waals surface area contributed by atoms with Crippen molar-refractivity contribution in [1.82, 2.24) is 8.61 Å². The highest BCUT2D eigenvalue weighted by atomic mass is 32.2. The molecule has 0 bridgehead atoms. The van der Waals surface area contributed by atoms with Crippen LogP contribution in [0.3, 0.4) is 0 Å². The number of sulfonamides is 2. The highest BCUT2D eigenvalue weighted by Crippen LogP contribution is 2.27. The van der Waals surface area contributed by atoms with Gasteiger partial charge in [0.15, 0.2) is 0 Å². The summed E-state index contributed by atoms with van der Waals surface area (Å²) in [5.74, 6) is -1.04. The molecule has 0 unspecified atom stereocenters. The molecule has 0 aliphatic heterocycles. The van der Waals surface area contributed by atoms with Gasteiger partial charge in [0.05, 0.1) is 22.5 Å². The van der Waals surface area contributed by atoms with Gasteiger partial charge in [-0.2, -0.15) is 0 Å². The monoisotopic (exact) mass is 350 g/mol. The summed E-state index contributed by atoms with van der Waals surface area (Å²) >= 11 is 0. The molecular weight excluding hydrogens is 332 g/mol. The number of ether oxygens (including phenoxy) is 1. The van der Waals surface area contributed by atoms with E-state index >= 15 is 0 Å². The smallest absolute Gasteiger partial charge is 0.340 e. The van der Waals surface area contributed by atoms with Gasteiger partial charge in [0.1, 0.15) is 0 Å². The van der Waals surface area contributed by atoms with Gasteiger partial charge < -0.3 is 4.74 Å². The van der Waals surface area contributed by atoms with Gasteiger partial charge in [-0.15, -0.1) is 0 Å². The van der Waals surface area contributed by atoms with Crippen LogP contribution in [-0.2, 0) is 24.8 Å². The van der Waals surface area contributed by atoms with E-state index in [1.165, 1.54) is 34.3 Å². The van der Waals surface area contributed by atoms with Crippen LogP contribution < -0.4 is 0 Å². The first-order chi connectivity index (χ1) is 9.97. The van der Waals surface area contributed by atoms with E-state index in [1.54, 1.807) is 0 Å². The van der Waals surface area contributed by atoms with Crippen LogP contribution in [0.5, 0.6) is 0 Å². The van der Waals surface area contributed by atoms with Gasteiger partial charge >= 0.3 is 5.97 Å². The lowest BCUT2D eigenvalue weighted by Gasteiger charge is -2.18. The number of carbonyl (C=O) groups is 1. The van der Waals surface area contributed by atoms with Crippen LogP contribution in [0.15, 0.2) is 28.0 Å². The molecule has 0 saturated carbocycles. The van der Waals surface area contributed by atoms with E-state index in [1.807, 2.05) is 0 Å². The van der Waals surface area contributed by atoms with Crippen molar-refractivity contribution < 1.29 is 26.4 Å². The number of rotatable bonds is 5. The highest BCUT2D eigenvalue weighted by Gasteiger charge is 2.33. The van der Waals surface area contributed by atoms with Crippen molar-refractivity contribution in [1.29, 1.82) is 0 Å². The number of hydrogen-bond acceptors (Lipinski definition) is 6. The Hall–Kier alpha value is -1.49. The predicted molar refractivity (Wildman–Crippen MR) is 79.5 cm³/mol. The number of hydrogen-bond donors (Lipinski definition) is 0. The molecule has 22 heavy (non-hydrogen) atoms. The van der Waals surface area contributed by atoms with E-state index in [0.29, 0.717) is 0 Å². The van der Waals surface area contributed by atoms with Crippen molar-refractivity contribution in [3.8, 4) is 0 Å². The van der Waals surface area contributed by atoms with Crippen LogP contribution in [0.25, 0.3) is 0 Å². The molecule has 0 aliphatic rings. The minimum absolute atomic E-state index is 0.424. The van der Waals surface area contributed by atoms with Crippen LogP contribution >= 0.6 is 0 Å². The average Bonchev–Trinajstić information content (AvgIpc) is 2.45. The fourth-order valence-electron chi connectivity index (χ4n) is 1.64. The van der Waals surface area contributed by atoms with E-state index in [-0.39, 0.29) is 0 Å². The average molecular weight is 350 g/mol. The summed E-state index contributed by atoms with van der Waals surface area (Å²) < 4.78 is 55.7. The molecular formula is C12H18N2O6S2. The summed E-state index contributed by atoms with van der Waals surface area (Å²) in [6.45, 7) is 0. The molecule has 0 amide bonds. The van der Waals surface area contributed by atoms with Crippen LogP contribution in [0.1, 0.15) is 10.4 Å². The minimum atomic E-state index is -4.02. The fourth-order valence-corrected chi connectivity index (χ4v) is 3.89. The summed E-state index contributed by atoms with van der Waals surface area (Å²) in [4.78, 5) is 11.2. The largest absolute Gasteiger partial charge is 0.465 e. The van der Waals surface area contributed by atoms with Gasteiger partial charge in [0.2, 0.25) is 20.0 Å². The van der Waals surface area contributed by atoms with E-state index in [2.05, 4.69) is 4.74 Å². The summed E-state index contributed by atoms with van der Waals surface area (Å²) in [6, 6.07) is 3.59. The first kappa shape index (κ1) is 18.6. The van der Waals surface area contributed by atoms with Crippen molar-refractivity contribution in [3.63, 3.8) is 0 Å². The van der Waals surface area contributed by atoms with Gasteiger partial charge in [0.25, 0.3) is 0 Å². The first-order valence-electron chi connectivity index (χ1n) is 6.04. The summed E-state index contributed by atoms with van der Waals surface area (Å²) in [5, 5.41) is 0. The SMILES string of the molecule is COC(=O)c1c(S(=O)(=O)N(C)C)cccc1S(=O)(=O)N(C)C. The molecule has 0 fully saturated rings. The topological polar surface area (TPSA) is 101 Å². The molecule has 8 nitrogen and oxygen atoms in total. The predicted octanol–water partition coefficient (Wildman–Crippen LogP) is -0.0262. The number of carbonyl (C=O) groups excluding carboxylic acids is 1. The van der Waals surface area contributed by atoms with Gasteiger partial charge in [-0.25, -0.2) is 30.2 Å². The summed E-state index contributed by atoms with van der Waals surface area (Å²) in [5.41, 5.74) is -0.507. The molecule has 0 N–H and O–H groups in total. The molecule has 0 aliphatic carbocycles. The Morgan fingerprint density at radius 2 is 1.27 bits per heavy atom. The van der Waals surface area contributed by atoms with E-state index in [0.717, 1.165) is 27.9 Å². The van der Waals surface area contributed by atoms with Crippen molar-refractivity contribution in [2.45, 2.75) is 9.79 Å². The number of methoxy groups -OCH3 is 1. The number of benzene rings is 1. The maximum atomic E-state index is 12.3. The zero-order chi connectivity index (χ0) is 17.3. The standard InChI is InChI=1S/C12H18N2O6S2/c1-13(2)21(16,17)9-7-6-8-10(11(9)12(15)20-5)22(18,19)14(3)4/h6-8H,1-5H3. The van der Waals surface area contributed by atoms with E-state index < -0.39 is 41.4 Å². The first-order valence-corrected chi connectivity index (χ1v) is 8.92. The molecule has 0 spiro atoms. The van der Waals surface area contributed by atoms with Crippen molar-refractivity contribution in [2.75, 3.05) is 35.3 Å². The maximum absolute atomic E-state index is 12.3. The molecule has 1 rings (SSSR count). The third kappa shape index (κ3) is 3.14. The lowest BCUT2D eigenvalue weighted by molar-refractivity contribution is 0.0591. The molecule has 124 valence electrons. The van der Waals surface area contributed by atoms with E-state index in [4.69, 9.17) is 0 Å². The molecule has 0 radical (unpaired) electrons. The lowest BCUT2D eigenvalue weighted by atomic mass is 10.2. The van der Waals surface area contributed by atoms with Gasteiger partial charge in [-0.1, -0.05) is 6.07 Å². The zero-order valence-electron chi connectivity index (χ0n) is 12.9. The Morgan fingerprint density at radius 1 is 0.909 bits per heavy atom. The second kappa shape index (κ2) is 6.32. The number of nitrogens with zero attached hydrogens (tertiary/aromatic N) is 2. The molecule has 0 atom stereocenters. The Bertz CT molecular complexity index is 726. The maximum Gasteiger partial charge on any atom is 0.340 e. The van der Waals surface area contributed by atoms with Gasteiger partial charge in [0, 0.05) is 28.2 Å². The normalized spacial score (nSPS) is 12.7. The molecule has 1 aromatic rings. The summed E-state index contributed by atoms with van der Waals surface area (Å²) in [7, 11) is -1.87. The quantitative estimate of drug-likeness (QED) is 0.692. The highest BCUT2D eigenvalue weighted by molar-refractivity contribution is 7.90. The van der Waals surface area contributed by atoms with E-state index in [9.17, 15) is 21.6 Å². The Morgan fingerprint density at radius 3 is 1.55 bits per heavy atom. The zero-order valence-corrected chi connectivity index (χ0v) is 14.5. The molecule has 10 heteroatoms. The Balaban J connectivity index is 3.90. The Labute approximate surface area is 130 Å². The van der Waals surface area contributed by atoms with Crippen LogP contribution in [0.2, 0.25) is 0 Å². The van der Waals surface area contributed by atoms with Gasteiger partial charge in [-0.05, 0) is 12.1 Å². The molecule has 0 aromatic heterocycles. The third-order valence-electron chi connectivity index (χ3n) is 2.89. The molecule has 0 heterocycles. The van der Waals surface area contributed by atoms with Crippen LogP contribution in [0.4, 0.5) is 0 Å². The second-order valence-electron chi connectivity index (χ2n) is 4.70.